The maximum absolute atomic E-state index is 13.4. The van der Waals surface area contributed by atoms with Crippen LogP contribution in [0.5, 0.6) is 0 Å². The van der Waals surface area contributed by atoms with Crippen molar-refractivity contribution in [3.05, 3.63) is 125 Å². The molecule has 0 atom stereocenters. The Hall–Kier alpha value is -4.26. The Balaban J connectivity index is 1.42. The van der Waals surface area contributed by atoms with Gasteiger partial charge in [0.1, 0.15) is 0 Å². The van der Waals surface area contributed by atoms with E-state index in [-0.39, 0.29) is 15.2 Å². The molecule has 5 aromatic carbocycles. The second kappa shape index (κ2) is 8.13. The minimum atomic E-state index is -3.63. The van der Waals surface area contributed by atoms with Gasteiger partial charge in [0.15, 0.2) is 5.43 Å². The van der Waals surface area contributed by atoms with E-state index < -0.39 is 9.84 Å². The average Bonchev–Trinajstić information content (AvgIpc) is 2.94. The zero-order valence-corrected chi connectivity index (χ0v) is 21.1. The summed E-state index contributed by atoms with van der Waals surface area (Å²) >= 11 is 1.61. The first-order valence-corrected chi connectivity index (χ1v) is 14.1. The Morgan fingerprint density at radius 2 is 1.19 bits per heavy atom. The molecule has 1 aliphatic heterocycles. The Labute approximate surface area is 217 Å². The first-order valence-electron chi connectivity index (χ1n) is 11.8. The van der Waals surface area contributed by atoms with Gasteiger partial charge in [-0.3, -0.25) is 4.79 Å². The minimum Gasteiger partial charge on any atom is -0.308 e. The molecule has 0 spiro atoms. The van der Waals surface area contributed by atoms with Gasteiger partial charge in [0.2, 0.25) is 9.84 Å². The summed E-state index contributed by atoms with van der Waals surface area (Å²) in [5.74, 6) is 0. The van der Waals surface area contributed by atoms with E-state index in [4.69, 9.17) is 0 Å². The molecule has 2 heterocycles. The fourth-order valence-electron chi connectivity index (χ4n) is 5.07. The number of anilines is 3. The van der Waals surface area contributed by atoms with E-state index in [1.807, 2.05) is 95.9 Å². The molecule has 0 amide bonds. The fraction of sp³-hybridized carbons (Fsp3) is 0. The highest BCUT2D eigenvalue weighted by atomic mass is 32.2. The molecule has 1 aromatic heterocycles. The summed E-state index contributed by atoms with van der Waals surface area (Å²) in [4.78, 5) is 15.8. The van der Waals surface area contributed by atoms with Gasteiger partial charge < -0.3 is 4.90 Å². The van der Waals surface area contributed by atoms with Gasteiger partial charge in [-0.05, 0) is 71.8 Å². The van der Waals surface area contributed by atoms with Gasteiger partial charge in [-0.1, -0.05) is 54.6 Å². The molecule has 37 heavy (non-hydrogen) atoms. The largest absolute Gasteiger partial charge is 0.308 e. The number of nitrogens with zero attached hydrogens (tertiary/aromatic N) is 1. The van der Waals surface area contributed by atoms with Crippen LogP contribution in [-0.4, -0.2) is 8.42 Å². The molecule has 0 bridgehead atoms. The molecule has 0 N–H and O–H groups in total. The summed E-state index contributed by atoms with van der Waals surface area (Å²) in [5, 5.41) is 1.43. The quantitative estimate of drug-likeness (QED) is 0.221. The number of sulfone groups is 1. The molecule has 0 aliphatic carbocycles. The van der Waals surface area contributed by atoms with Gasteiger partial charge in [0.25, 0.3) is 0 Å². The van der Waals surface area contributed by atoms with Crippen molar-refractivity contribution >= 4 is 58.4 Å². The third-order valence-corrected chi connectivity index (χ3v) is 9.81. The molecule has 4 nitrogen and oxygen atoms in total. The van der Waals surface area contributed by atoms with Crippen LogP contribution >= 0.6 is 11.3 Å². The fourth-order valence-corrected chi connectivity index (χ4v) is 7.75. The van der Waals surface area contributed by atoms with Crippen molar-refractivity contribution in [1.82, 2.24) is 0 Å². The predicted molar refractivity (Wildman–Crippen MR) is 151 cm³/mol. The third-order valence-electron chi connectivity index (χ3n) is 6.80. The zero-order chi connectivity index (χ0) is 25.1. The predicted octanol–water partition coefficient (Wildman–Crippen LogP) is 7.70. The standard InChI is InChI=1S/C31H19NO3S2/c33-31-23-10-1-4-13-27(23)36-28-17-16-21(19-24(28)31)20-8-7-9-22(18-20)32-25-11-2-5-14-29(25)37(34,35)30-15-6-3-12-26(30)32/h1-19H. The summed E-state index contributed by atoms with van der Waals surface area (Å²) in [6.07, 6.45) is 0. The van der Waals surface area contributed by atoms with Crippen LogP contribution in [0.4, 0.5) is 17.1 Å². The Kier molecular flexibility index (Phi) is 4.83. The monoisotopic (exact) mass is 517 g/mol. The Morgan fingerprint density at radius 3 is 1.95 bits per heavy atom. The van der Waals surface area contributed by atoms with E-state index in [0.29, 0.717) is 16.8 Å². The number of para-hydroxylation sites is 2. The van der Waals surface area contributed by atoms with E-state index in [2.05, 4.69) is 0 Å². The number of hydrogen-bond donors (Lipinski definition) is 0. The Bertz CT molecular complexity index is 1990. The van der Waals surface area contributed by atoms with Crippen molar-refractivity contribution in [2.45, 2.75) is 9.79 Å². The number of rotatable bonds is 2. The molecular formula is C31H19NO3S2. The van der Waals surface area contributed by atoms with Crippen LogP contribution < -0.4 is 10.3 Å². The zero-order valence-electron chi connectivity index (χ0n) is 19.5. The molecule has 0 saturated heterocycles. The van der Waals surface area contributed by atoms with Crippen LogP contribution in [0.15, 0.2) is 130 Å². The van der Waals surface area contributed by atoms with Crippen LogP contribution in [-0.2, 0) is 9.84 Å². The smallest absolute Gasteiger partial charge is 0.210 e. The molecular weight excluding hydrogens is 498 g/mol. The maximum atomic E-state index is 13.4. The lowest BCUT2D eigenvalue weighted by atomic mass is 10.0. The first-order chi connectivity index (χ1) is 18.0. The van der Waals surface area contributed by atoms with Gasteiger partial charge >= 0.3 is 0 Å². The highest BCUT2D eigenvalue weighted by Crippen LogP contribution is 2.48. The molecule has 6 heteroatoms. The van der Waals surface area contributed by atoms with E-state index in [0.717, 1.165) is 31.6 Å². The van der Waals surface area contributed by atoms with E-state index in [9.17, 15) is 13.2 Å². The van der Waals surface area contributed by atoms with Crippen molar-refractivity contribution in [1.29, 1.82) is 0 Å². The normalized spacial score (nSPS) is 13.9. The van der Waals surface area contributed by atoms with Crippen molar-refractivity contribution in [2.24, 2.45) is 0 Å². The second-order valence-electron chi connectivity index (χ2n) is 8.96. The third kappa shape index (κ3) is 3.34. The molecule has 0 unspecified atom stereocenters. The molecule has 0 saturated carbocycles. The van der Waals surface area contributed by atoms with Gasteiger partial charge in [0.05, 0.1) is 21.2 Å². The van der Waals surface area contributed by atoms with Gasteiger partial charge in [0, 0.05) is 25.9 Å². The number of fused-ring (bicyclic) bond motifs is 4. The second-order valence-corrected chi connectivity index (χ2v) is 11.9. The first kappa shape index (κ1) is 22.0. The van der Waals surface area contributed by atoms with Crippen molar-refractivity contribution < 1.29 is 8.42 Å². The van der Waals surface area contributed by atoms with Crippen molar-refractivity contribution in [2.75, 3.05) is 4.90 Å². The average molecular weight is 518 g/mol. The van der Waals surface area contributed by atoms with Crippen molar-refractivity contribution in [3.8, 4) is 11.1 Å². The van der Waals surface area contributed by atoms with Gasteiger partial charge in [-0.2, -0.15) is 0 Å². The highest BCUT2D eigenvalue weighted by molar-refractivity contribution is 7.92. The summed E-state index contributed by atoms with van der Waals surface area (Å²) in [6.45, 7) is 0. The molecule has 7 rings (SSSR count). The molecule has 6 aromatic rings. The van der Waals surface area contributed by atoms with Crippen LogP contribution in [0.25, 0.3) is 31.3 Å². The van der Waals surface area contributed by atoms with Crippen LogP contribution in [0, 0.1) is 0 Å². The topological polar surface area (TPSA) is 54.5 Å². The number of hydrogen-bond acceptors (Lipinski definition) is 5. The SMILES string of the molecule is O=c1c2ccccc2sc2ccc(-c3cccc(N4c5ccccc5S(=O)(=O)c5ccccc54)c3)cc12. The molecule has 0 fully saturated rings. The summed E-state index contributed by atoms with van der Waals surface area (Å²) in [7, 11) is -3.63. The van der Waals surface area contributed by atoms with Gasteiger partial charge in [-0.25, -0.2) is 8.42 Å². The maximum Gasteiger partial charge on any atom is 0.210 e. The van der Waals surface area contributed by atoms with E-state index >= 15 is 0 Å². The summed E-state index contributed by atoms with van der Waals surface area (Å²) in [6, 6.07) is 35.9. The number of benzene rings is 5. The molecule has 1 aliphatic rings. The lowest BCUT2D eigenvalue weighted by Gasteiger charge is -2.33. The van der Waals surface area contributed by atoms with Crippen LogP contribution in [0.2, 0.25) is 0 Å². The lowest BCUT2D eigenvalue weighted by molar-refractivity contribution is 0.595. The highest BCUT2D eigenvalue weighted by Gasteiger charge is 2.34. The molecule has 178 valence electrons. The molecule has 0 radical (unpaired) electrons. The van der Waals surface area contributed by atoms with Gasteiger partial charge in [-0.15, -0.1) is 11.3 Å². The lowest BCUT2D eigenvalue weighted by Crippen LogP contribution is -2.22. The van der Waals surface area contributed by atoms with Crippen molar-refractivity contribution in [3.63, 3.8) is 0 Å². The van der Waals surface area contributed by atoms with E-state index in [1.165, 1.54) is 0 Å². The minimum absolute atomic E-state index is 0.0337. The van der Waals surface area contributed by atoms with E-state index in [1.54, 1.807) is 35.6 Å². The van der Waals surface area contributed by atoms with Crippen LogP contribution in [0.1, 0.15) is 0 Å². The summed E-state index contributed by atoms with van der Waals surface area (Å²) in [5.41, 5.74) is 3.99. The van der Waals surface area contributed by atoms with Crippen LogP contribution in [0.3, 0.4) is 0 Å². The Morgan fingerprint density at radius 1 is 0.568 bits per heavy atom. The summed E-state index contributed by atoms with van der Waals surface area (Å²) < 4.78 is 28.6.